The SMILES string of the molecule is CC(C)(C)CCc1n[nH]c(=O)c2c(C(N)=O)cccc12. The van der Waals surface area contributed by atoms with Crippen molar-refractivity contribution in [2.45, 2.75) is 33.6 Å². The van der Waals surface area contributed by atoms with Gasteiger partial charge >= 0.3 is 0 Å². The Morgan fingerprint density at radius 3 is 2.65 bits per heavy atom. The molecule has 0 atom stereocenters. The van der Waals surface area contributed by atoms with Crippen molar-refractivity contribution >= 4 is 16.7 Å². The van der Waals surface area contributed by atoms with Crippen LogP contribution < -0.4 is 11.3 Å². The molecule has 1 amide bonds. The molecule has 0 fully saturated rings. The van der Waals surface area contributed by atoms with E-state index in [1.54, 1.807) is 12.1 Å². The highest BCUT2D eigenvalue weighted by atomic mass is 16.1. The van der Waals surface area contributed by atoms with E-state index >= 15 is 0 Å². The first-order valence-electron chi connectivity index (χ1n) is 6.60. The van der Waals surface area contributed by atoms with Gasteiger partial charge in [-0.25, -0.2) is 5.10 Å². The number of aryl methyl sites for hydroxylation is 1. The topological polar surface area (TPSA) is 88.8 Å². The first-order valence-corrected chi connectivity index (χ1v) is 6.60. The Morgan fingerprint density at radius 1 is 1.35 bits per heavy atom. The summed E-state index contributed by atoms with van der Waals surface area (Å²) in [6, 6.07) is 5.10. The molecule has 5 nitrogen and oxygen atoms in total. The highest BCUT2D eigenvalue weighted by Gasteiger charge is 2.16. The molecule has 2 aromatic rings. The van der Waals surface area contributed by atoms with Gasteiger partial charge in [-0.1, -0.05) is 32.9 Å². The third-order valence-electron chi connectivity index (χ3n) is 3.27. The number of benzene rings is 1. The summed E-state index contributed by atoms with van der Waals surface area (Å²) in [5.41, 5.74) is 6.15. The fraction of sp³-hybridized carbons (Fsp3) is 0.400. The molecule has 0 unspecified atom stereocenters. The summed E-state index contributed by atoms with van der Waals surface area (Å²) in [6.45, 7) is 6.45. The third-order valence-corrected chi connectivity index (χ3v) is 3.27. The van der Waals surface area contributed by atoms with E-state index in [4.69, 9.17) is 5.73 Å². The number of primary amides is 1. The molecule has 0 spiro atoms. The second-order valence-corrected chi connectivity index (χ2v) is 6.15. The zero-order valence-corrected chi connectivity index (χ0v) is 12.0. The van der Waals surface area contributed by atoms with E-state index in [0.717, 1.165) is 18.5 Å². The predicted octanol–water partition coefficient (Wildman–Crippen LogP) is 2.00. The number of nitrogens with one attached hydrogen (secondary N) is 1. The molecule has 0 bridgehead atoms. The summed E-state index contributed by atoms with van der Waals surface area (Å²) in [5, 5.41) is 7.62. The Balaban J connectivity index is 2.59. The number of amides is 1. The van der Waals surface area contributed by atoms with Crippen LogP contribution >= 0.6 is 0 Å². The zero-order chi connectivity index (χ0) is 14.9. The first-order chi connectivity index (χ1) is 9.29. The molecule has 0 aliphatic carbocycles. The van der Waals surface area contributed by atoms with E-state index in [2.05, 4.69) is 31.0 Å². The number of hydrogen-bond acceptors (Lipinski definition) is 3. The molecular weight excluding hydrogens is 254 g/mol. The van der Waals surface area contributed by atoms with Crippen LogP contribution in [0.2, 0.25) is 0 Å². The van der Waals surface area contributed by atoms with Gasteiger partial charge in [0.15, 0.2) is 0 Å². The number of aromatic nitrogens is 2. The van der Waals surface area contributed by atoms with Gasteiger partial charge in [-0.2, -0.15) is 5.10 Å². The number of aromatic amines is 1. The van der Waals surface area contributed by atoms with Gasteiger partial charge < -0.3 is 5.73 Å². The van der Waals surface area contributed by atoms with Crippen LogP contribution in [0.3, 0.4) is 0 Å². The maximum Gasteiger partial charge on any atom is 0.272 e. The molecule has 0 aliphatic heterocycles. The van der Waals surface area contributed by atoms with Crippen LogP contribution in [0.25, 0.3) is 10.8 Å². The number of rotatable bonds is 3. The summed E-state index contributed by atoms with van der Waals surface area (Å²) in [6.07, 6.45) is 1.67. The van der Waals surface area contributed by atoms with E-state index in [-0.39, 0.29) is 16.5 Å². The first kappa shape index (κ1) is 14.2. The minimum atomic E-state index is -0.603. The minimum Gasteiger partial charge on any atom is -0.366 e. The lowest BCUT2D eigenvalue weighted by molar-refractivity contribution is 0.100. The molecule has 0 saturated carbocycles. The fourth-order valence-electron chi connectivity index (χ4n) is 2.16. The third kappa shape index (κ3) is 2.87. The maximum atomic E-state index is 11.9. The van der Waals surface area contributed by atoms with Crippen molar-refractivity contribution in [3.63, 3.8) is 0 Å². The summed E-state index contributed by atoms with van der Waals surface area (Å²) in [5.74, 6) is -0.603. The van der Waals surface area contributed by atoms with Crippen LogP contribution in [0, 0.1) is 5.41 Å². The number of carbonyl (C=O) groups is 1. The van der Waals surface area contributed by atoms with E-state index in [1.165, 1.54) is 0 Å². The molecule has 20 heavy (non-hydrogen) atoms. The minimum absolute atomic E-state index is 0.172. The summed E-state index contributed by atoms with van der Waals surface area (Å²) < 4.78 is 0. The van der Waals surface area contributed by atoms with Crippen LogP contribution in [0.1, 0.15) is 43.2 Å². The Kier molecular flexibility index (Phi) is 3.61. The van der Waals surface area contributed by atoms with Crippen molar-refractivity contribution in [3.05, 3.63) is 39.8 Å². The van der Waals surface area contributed by atoms with Crippen molar-refractivity contribution in [3.8, 4) is 0 Å². The van der Waals surface area contributed by atoms with Crippen LogP contribution in [0.4, 0.5) is 0 Å². The predicted molar refractivity (Wildman–Crippen MR) is 78.7 cm³/mol. The van der Waals surface area contributed by atoms with Gasteiger partial charge in [0.1, 0.15) is 0 Å². The molecule has 1 heterocycles. The van der Waals surface area contributed by atoms with Gasteiger partial charge in [-0.3, -0.25) is 9.59 Å². The van der Waals surface area contributed by atoms with Crippen molar-refractivity contribution in [2.24, 2.45) is 11.1 Å². The molecule has 2 rings (SSSR count). The Hall–Kier alpha value is -2.17. The quantitative estimate of drug-likeness (QED) is 0.896. The average Bonchev–Trinajstić information content (AvgIpc) is 2.36. The molecule has 3 N–H and O–H groups in total. The Bertz CT molecular complexity index is 711. The number of nitrogens with two attached hydrogens (primary N) is 1. The summed E-state index contributed by atoms with van der Waals surface area (Å²) >= 11 is 0. The lowest BCUT2D eigenvalue weighted by Crippen LogP contribution is -2.19. The van der Waals surface area contributed by atoms with Gasteiger partial charge in [0.05, 0.1) is 16.6 Å². The molecule has 0 saturated heterocycles. The van der Waals surface area contributed by atoms with Crippen molar-refractivity contribution in [2.75, 3.05) is 0 Å². The number of nitrogens with zero attached hydrogens (tertiary/aromatic N) is 1. The Morgan fingerprint density at radius 2 is 2.05 bits per heavy atom. The second kappa shape index (κ2) is 5.07. The number of carbonyl (C=O) groups excluding carboxylic acids is 1. The smallest absolute Gasteiger partial charge is 0.272 e. The lowest BCUT2D eigenvalue weighted by atomic mass is 9.89. The van der Waals surface area contributed by atoms with Crippen LogP contribution in [-0.4, -0.2) is 16.1 Å². The van der Waals surface area contributed by atoms with Gasteiger partial charge in [-0.15, -0.1) is 0 Å². The molecule has 5 heteroatoms. The monoisotopic (exact) mass is 273 g/mol. The molecule has 1 aromatic heterocycles. The second-order valence-electron chi connectivity index (χ2n) is 6.15. The maximum absolute atomic E-state index is 11.9. The average molecular weight is 273 g/mol. The number of hydrogen-bond donors (Lipinski definition) is 2. The zero-order valence-electron chi connectivity index (χ0n) is 12.0. The van der Waals surface area contributed by atoms with E-state index in [0.29, 0.717) is 10.8 Å². The van der Waals surface area contributed by atoms with Crippen LogP contribution in [0.15, 0.2) is 23.0 Å². The molecular formula is C15H19N3O2. The highest BCUT2D eigenvalue weighted by molar-refractivity contribution is 6.06. The number of fused-ring (bicyclic) bond motifs is 1. The molecule has 1 aromatic carbocycles. The van der Waals surface area contributed by atoms with Crippen molar-refractivity contribution in [1.29, 1.82) is 0 Å². The van der Waals surface area contributed by atoms with Gasteiger partial charge in [0.2, 0.25) is 5.91 Å². The standard InChI is InChI=1S/C15H19N3O2/c1-15(2,3)8-7-11-9-5-4-6-10(13(16)19)12(9)14(20)18-17-11/h4-6H,7-8H2,1-3H3,(H2,16,19)(H,18,20). The van der Waals surface area contributed by atoms with E-state index in [1.807, 2.05) is 6.07 Å². The lowest BCUT2D eigenvalue weighted by Gasteiger charge is -2.17. The fourth-order valence-corrected chi connectivity index (χ4v) is 2.16. The normalized spacial score (nSPS) is 11.8. The van der Waals surface area contributed by atoms with Crippen molar-refractivity contribution in [1.82, 2.24) is 10.2 Å². The van der Waals surface area contributed by atoms with Gasteiger partial charge in [0.25, 0.3) is 5.56 Å². The Labute approximate surface area is 117 Å². The summed E-state index contributed by atoms with van der Waals surface area (Å²) in [4.78, 5) is 23.4. The van der Waals surface area contributed by atoms with E-state index in [9.17, 15) is 9.59 Å². The molecule has 0 radical (unpaired) electrons. The molecule has 0 aliphatic rings. The van der Waals surface area contributed by atoms with Crippen LogP contribution in [-0.2, 0) is 6.42 Å². The van der Waals surface area contributed by atoms with Crippen molar-refractivity contribution < 1.29 is 4.79 Å². The highest BCUT2D eigenvalue weighted by Crippen LogP contribution is 2.24. The van der Waals surface area contributed by atoms with E-state index < -0.39 is 5.91 Å². The summed E-state index contributed by atoms with van der Waals surface area (Å²) in [7, 11) is 0. The van der Waals surface area contributed by atoms with Gasteiger partial charge in [-0.05, 0) is 24.3 Å². The largest absolute Gasteiger partial charge is 0.366 e. The van der Waals surface area contributed by atoms with Crippen LogP contribution in [0.5, 0.6) is 0 Å². The number of H-pyrrole nitrogens is 1. The molecule has 106 valence electrons. The van der Waals surface area contributed by atoms with Gasteiger partial charge in [0, 0.05) is 5.39 Å².